The van der Waals surface area contributed by atoms with E-state index in [1.54, 1.807) is 14.0 Å². The number of rotatable bonds is 13. The van der Waals surface area contributed by atoms with Gasteiger partial charge in [0.05, 0.1) is 30.4 Å². The standard InChI is InChI=1S/C30H35BrN2O7/c1-5-38-29(37)23-24(31)25(32-27(35)26(23)40-18-21-14-10-7-11-15-21)28(36)33(4)16-22(30(2,3)19-34)39-17-20-12-8-6-9-13-20/h6-15,22,34H,5,16-19H2,1-4H3,(H,32,35). The lowest BCUT2D eigenvalue weighted by Crippen LogP contribution is -2.45. The molecule has 40 heavy (non-hydrogen) atoms. The third kappa shape index (κ3) is 7.80. The molecule has 0 spiro atoms. The Labute approximate surface area is 242 Å². The van der Waals surface area contributed by atoms with E-state index in [2.05, 4.69) is 20.9 Å². The maximum Gasteiger partial charge on any atom is 0.343 e. The summed E-state index contributed by atoms with van der Waals surface area (Å²) in [6, 6.07) is 18.7. The van der Waals surface area contributed by atoms with Crippen molar-refractivity contribution in [1.82, 2.24) is 9.88 Å². The highest BCUT2D eigenvalue weighted by molar-refractivity contribution is 9.10. The highest BCUT2D eigenvalue weighted by atomic mass is 79.9. The number of likely N-dealkylation sites (N-methyl/N-ethyl adjacent to an activating group) is 1. The number of halogens is 1. The summed E-state index contributed by atoms with van der Waals surface area (Å²) in [5, 5.41) is 10.0. The average molecular weight is 616 g/mol. The van der Waals surface area contributed by atoms with Gasteiger partial charge in [0.2, 0.25) is 5.75 Å². The quantitative estimate of drug-likeness (QED) is 0.271. The Bertz CT molecular complexity index is 1340. The van der Waals surface area contributed by atoms with Crippen molar-refractivity contribution in [2.45, 2.75) is 40.1 Å². The van der Waals surface area contributed by atoms with E-state index in [1.165, 1.54) is 4.90 Å². The maximum atomic E-state index is 13.6. The number of amides is 1. The number of aliphatic hydroxyl groups excluding tert-OH is 1. The summed E-state index contributed by atoms with van der Waals surface area (Å²) in [7, 11) is 1.56. The Kier molecular flexibility index (Phi) is 11.1. The van der Waals surface area contributed by atoms with E-state index in [0.29, 0.717) is 0 Å². The number of nitrogens with zero attached hydrogens (tertiary/aromatic N) is 1. The first-order valence-corrected chi connectivity index (χ1v) is 13.7. The molecule has 0 bridgehead atoms. The first kappa shape index (κ1) is 31.1. The molecular weight excluding hydrogens is 580 g/mol. The number of carbonyl (C=O) groups is 2. The summed E-state index contributed by atoms with van der Waals surface area (Å²) >= 11 is 3.34. The Morgan fingerprint density at radius 1 is 1.02 bits per heavy atom. The molecule has 3 rings (SSSR count). The number of H-pyrrole nitrogens is 1. The van der Waals surface area contributed by atoms with E-state index in [9.17, 15) is 19.5 Å². The molecule has 0 aliphatic rings. The van der Waals surface area contributed by atoms with Crippen LogP contribution in [0.15, 0.2) is 69.9 Å². The van der Waals surface area contributed by atoms with Crippen LogP contribution in [0.2, 0.25) is 0 Å². The lowest BCUT2D eigenvalue weighted by molar-refractivity contribution is -0.0665. The van der Waals surface area contributed by atoms with E-state index in [4.69, 9.17) is 14.2 Å². The Hall–Kier alpha value is -3.47. The fourth-order valence-corrected chi connectivity index (χ4v) is 4.50. The Balaban J connectivity index is 1.89. The second-order valence-electron chi connectivity index (χ2n) is 9.96. The number of aromatic amines is 1. The van der Waals surface area contributed by atoms with Gasteiger partial charge in [0, 0.05) is 19.0 Å². The van der Waals surface area contributed by atoms with Gasteiger partial charge >= 0.3 is 5.97 Å². The molecule has 214 valence electrons. The predicted molar refractivity (Wildman–Crippen MR) is 154 cm³/mol. The largest absolute Gasteiger partial charge is 0.482 e. The number of aromatic nitrogens is 1. The van der Waals surface area contributed by atoms with Crippen LogP contribution in [-0.2, 0) is 22.7 Å². The second kappa shape index (κ2) is 14.2. The zero-order valence-electron chi connectivity index (χ0n) is 23.1. The van der Waals surface area contributed by atoms with Gasteiger partial charge in [-0.3, -0.25) is 9.59 Å². The van der Waals surface area contributed by atoms with Gasteiger partial charge in [-0.25, -0.2) is 4.79 Å². The van der Waals surface area contributed by atoms with Crippen molar-refractivity contribution in [1.29, 1.82) is 0 Å². The van der Waals surface area contributed by atoms with E-state index in [0.717, 1.165) is 11.1 Å². The van der Waals surface area contributed by atoms with E-state index in [1.807, 2.05) is 74.5 Å². The molecule has 0 aliphatic heterocycles. The minimum atomic E-state index is -0.800. The van der Waals surface area contributed by atoms with Gasteiger partial charge in [0.25, 0.3) is 11.5 Å². The minimum Gasteiger partial charge on any atom is -0.482 e. The van der Waals surface area contributed by atoms with Crippen LogP contribution < -0.4 is 10.3 Å². The van der Waals surface area contributed by atoms with Gasteiger partial charge in [0.1, 0.15) is 17.9 Å². The van der Waals surface area contributed by atoms with Crippen molar-refractivity contribution in [3.63, 3.8) is 0 Å². The first-order valence-electron chi connectivity index (χ1n) is 12.9. The predicted octanol–water partition coefficient (Wildman–Crippen LogP) is 4.57. The second-order valence-corrected chi connectivity index (χ2v) is 10.8. The molecule has 9 nitrogen and oxygen atoms in total. The number of nitrogens with one attached hydrogen (secondary N) is 1. The molecule has 2 N–H and O–H groups in total. The third-order valence-electron chi connectivity index (χ3n) is 6.39. The topological polar surface area (TPSA) is 118 Å². The normalized spacial score (nSPS) is 12.1. The summed E-state index contributed by atoms with van der Waals surface area (Å²) in [6.45, 7) is 5.65. The van der Waals surface area contributed by atoms with Crippen molar-refractivity contribution < 1.29 is 28.9 Å². The number of carbonyl (C=O) groups excluding carboxylic acids is 2. The average Bonchev–Trinajstić information content (AvgIpc) is 2.95. The van der Waals surface area contributed by atoms with Gasteiger partial charge in [0.15, 0.2) is 0 Å². The van der Waals surface area contributed by atoms with Gasteiger partial charge in [-0.2, -0.15) is 0 Å². The summed E-state index contributed by atoms with van der Waals surface area (Å²) < 4.78 is 17.1. The molecule has 0 saturated heterocycles. The van der Waals surface area contributed by atoms with Crippen LogP contribution in [0.5, 0.6) is 5.75 Å². The van der Waals surface area contributed by atoms with Crippen LogP contribution in [0.3, 0.4) is 0 Å². The van der Waals surface area contributed by atoms with Crippen LogP contribution in [0.1, 0.15) is 52.7 Å². The lowest BCUT2D eigenvalue weighted by atomic mass is 9.87. The molecule has 2 aromatic carbocycles. The van der Waals surface area contributed by atoms with Gasteiger partial charge < -0.3 is 29.2 Å². The summed E-state index contributed by atoms with van der Waals surface area (Å²) in [5.41, 5.74) is 0.0101. The fraction of sp³-hybridized carbons (Fsp3) is 0.367. The Morgan fingerprint density at radius 3 is 2.15 bits per heavy atom. The number of aliphatic hydroxyl groups is 1. The molecule has 1 amide bonds. The van der Waals surface area contributed by atoms with Gasteiger partial charge in [-0.15, -0.1) is 0 Å². The number of ether oxygens (including phenoxy) is 3. The summed E-state index contributed by atoms with van der Waals surface area (Å²) in [6.07, 6.45) is -0.546. The highest BCUT2D eigenvalue weighted by Crippen LogP contribution is 2.30. The lowest BCUT2D eigenvalue weighted by Gasteiger charge is -2.35. The minimum absolute atomic E-state index is 0.0344. The number of pyridine rings is 1. The van der Waals surface area contributed by atoms with Crippen LogP contribution in [0, 0.1) is 5.41 Å². The third-order valence-corrected chi connectivity index (χ3v) is 7.18. The van der Waals surface area contributed by atoms with Gasteiger partial charge in [-0.05, 0) is 34.0 Å². The van der Waals surface area contributed by atoms with Crippen molar-refractivity contribution in [2.75, 3.05) is 26.8 Å². The molecule has 1 unspecified atom stereocenters. The van der Waals surface area contributed by atoms with Crippen LogP contribution in [-0.4, -0.2) is 59.8 Å². The molecule has 0 saturated carbocycles. The number of esters is 1. The van der Waals surface area contributed by atoms with Crippen LogP contribution in [0.4, 0.5) is 0 Å². The zero-order chi connectivity index (χ0) is 29.3. The van der Waals surface area contributed by atoms with Crippen molar-refractivity contribution in [3.05, 3.63) is 97.9 Å². The summed E-state index contributed by atoms with van der Waals surface area (Å²) in [5.74, 6) is -1.62. The van der Waals surface area contributed by atoms with E-state index in [-0.39, 0.29) is 54.5 Å². The molecule has 10 heteroatoms. The number of hydrogen-bond acceptors (Lipinski definition) is 7. The number of hydrogen-bond donors (Lipinski definition) is 2. The van der Waals surface area contributed by atoms with Crippen molar-refractivity contribution >= 4 is 27.8 Å². The van der Waals surface area contributed by atoms with Crippen molar-refractivity contribution in [2.24, 2.45) is 5.41 Å². The highest BCUT2D eigenvalue weighted by Gasteiger charge is 2.34. The summed E-state index contributed by atoms with van der Waals surface area (Å²) in [4.78, 5) is 43.5. The van der Waals surface area contributed by atoms with E-state index >= 15 is 0 Å². The molecule has 3 aromatic rings. The first-order chi connectivity index (χ1) is 19.1. The maximum absolute atomic E-state index is 13.6. The zero-order valence-corrected chi connectivity index (χ0v) is 24.7. The molecule has 1 aromatic heterocycles. The van der Waals surface area contributed by atoms with Crippen LogP contribution in [0.25, 0.3) is 0 Å². The molecule has 1 atom stereocenters. The molecule has 0 fully saturated rings. The monoisotopic (exact) mass is 614 g/mol. The van der Waals surface area contributed by atoms with Gasteiger partial charge in [-0.1, -0.05) is 74.5 Å². The van der Waals surface area contributed by atoms with E-state index < -0.39 is 29.0 Å². The van der Waals surface area contributed by atoms with Crippen LogP contribution >= 0.6 is 15.9 Å². The molecule has 0 radical (unpaired) electrons. The molecule has 0 aliphatic carbocycles. The molecule has 1 heterocycles. The Morgan fingerprint density at radius 2 is 1.60 bits per heavy atom. The SMILES string of the molecule is CCOC(=O)c1c(Br)c(C(=O)N(C)CC(OCc2ccccc2)C(C)(C)CO)[nH]c(=O)c1OCc1ccccc1. The van der Waals surface area contributed by atoms with Crippen molar-refractivity contribution in [3.8, 4) is 5.75 Å². The molecular formula is C30H35BrN2O7. The fourth-order valence-electron chi connectivity index (χ4n) is 3.88. The smallest absolute Gasteiger partial charge is 0.343 e. The number of benzene rings is 2.